The Bertz CT molecular complexity index is 1040. The van der Waals surface area contributed by atoms with Crippen molar-refractivity contribution >= 4 is 121 Å². The number of rotatable bonds is 4. The molecule has 0 aromatic heterocycles. The van der Waals surface area contributed by atoms with E-state index in [1.807, 2.05) is 0 Å². The highest BCUT2D eigenvalue weighted by molar-refractivity contribution is 8.30. The molecule has 0 aliphatic carbocycles. The molecule has 0 spiro atoms. The maximum absolute atomic E-state index is 12.1. The van der Waals surface area contributed by atoms with Gasteiger partial charge in [0.1, 0.15) is 0 Å². The average Bonchev–Trinajstić information content (AvgIpc) is 2.57. The molecule has 0 aliphatic rings. The van der Waals surface area contributed by atoms with Crippen molar-refractivity contribution < 1.29 is 14.1 Å². The topological polar surface area (TPSA) is 46.5 Å². The van der Waals surface area contributed by atoms with Gasteiger partial charge < -0.3 is 9.29 Å². The van der Waals surface area contributed by atoms with Gasteiger partial charge in [0.15, 0.2) is 0 Å². The summed E-state index contributed by atoms with van der Waals surface area (Å²) in [4.78, 5) is 12.1. The van der Waals surface area contributed by atoms with E-state index in [-0.39, 0.29) is 59.9 Å². The van der Waals surface area contributed by atoms with E-state index in [1.54, 1.807) is 0 Å². The highest BCUT2D eigenvalue weighted by atomic mass is 35.5. The molecule has 32 heavy (non-hydrogen) atoms. The third-order valence-corrected chi connectivity index (χ3v) is 10.5. The minimum atomic E-state index is -3.53. The first-order chi connectivity index (χ1) is 14.9. The summed E-state index contributed by atoms with van der Waals surface area (Å²) in [5.74, 6) is 0. The lowest BCUT2D eigenvalue weighted by Gasteiger charge is -2.41. The molecule has 3 aromatic carbocycles. The molecule has 0 atom stereocenters. The van der Waals surface area contributed by atoms with Gasteiger partial charge in [0.2, 0.25) is 0 Å². The second-order valence-electron chi connectivity index (χ2n) is 6.00. The summed E-state index contributed by atoms with van der Waals surface area (Å²) in [5, 5.41) is 10.1. The Balaban J connectivity index is 2.67. The molecule has 170 valence electrons. The van der Waals surface area contributed by atoms with Crippen molar-refractivity contribution in [3.63, 3.8) is 0 Å². The molecule has 0 bridgehead atoms. The van der Waals surface area contributed by atoms with E-state index < -0.39 is 16.5 Å². The minimum absolute atomic E-state index is 0.00452. The maximum atomic E-state index is 12.1. The predicted molar refractivity (Wildman–Crippen MR) is 136 cm³/mol. The highest BCUT2D eigenvalue weighted by Crippen LogP contribution is 2.77. The first-order valence-electron chi connectivity index (χ1n) is 8.08. The largest absolute Gasteiger partial charge is 0.517 e. The molecule has 0 amide bonds. The van der Waals surface area contributed by atoms with Crippen LogP contribution in [0.4, 0.5) is 4.79 Å². The zero-order valence-corrected chi connectivity index (χ0v) is 22.7. The van der Waals surface area contributed by atoms with Crippen molar-refractivity contribution in [3.8, 4) is 0 Å². The van der Waals surface area contributed by atoms with Gasteiger partial charge in [0.05, 0.1) is 44.8 Å². The van der Waals surface area contributed by atoms with E-state index >= 15 is 0 Å². The van der Waals surface area contributed by atoms with E-state index in [2.05, 4.69) is 0 Å². The van der Waals surface area contributed by atoms with Crippen LogP contribution in [0, 0.1) is 0 Å². The van der Waals surface area contributed by atoms with Crippen molar-refractivity contribution in [2.75, 3.05) is 0 Å². The van der Waals surface area contributed by atoms with Crippen LogP contribution in [0.1, 0.15) is 0 Å². The Morgan fingerprint density at radius 3 is 0.969 bits per heavy atom. The summed E-state index contributed by atoms with van der Waals surface area (Å²) >= 11 is 57.4. The lowest BCUT2D eigenvalue weighted by molar-refractivity contribution is 0.150. The van der Waals surface area contributed by atoms with Crippen LogP contribution in [0.2, 0.25) is 45.2 Å². The van der Waals surface area contributed by atoms with Gasteiger partial charge in [-0.2, -0.15) is 0 Å². The molecule has 1 N–H and O–H groups in total. The second-order valence-corrected chi connectivity index (χ2v) is 12.3. The molecule has 3 nitrogen and oxygen atoms in total. The highest BCUT2D eigenvalue weighted by Gasteiger charge is 2.45. The van der Waals surface area contributed by atoms with Gasteiger partial charge in [0.25, 0.3) is 0 Å². The molecule has 0 saturated carbocycles. The van der Waals surface area contributed by atoms with Gasteiger partial charge in [-0.05, 0) is 36.4 Å². The summed E-state index contributed by atoms with van der Waals surface area (Å²) in [6.07, 6.45) is -1.70. The minimum Gasteiger partial charge on any atom is -0.449 e. The molecule has 3 aromatic rings. The van der Waals surface area contributed by atoms with Crippen molar-refractivity contribution in [3.05, 3.63) is 81.6 Å². The van der Waals surface area contributed by atoms with Gasteiger partial charge in [-0.15, -0.1) is 0 Å². The number of hydrogen-bond acceptors (Lipinski definition) is 2. The van der Waals surface area contributed by atoms with Crippen LogP contribution >= 0.6 is 115 Å². The summed E-state index contributed by atoms with van der Waals surface area (Å²) < 4.78 is 5.56. The van der Waals surface area contributed by atoms with Crippen molar-refractivity contribution in [2.45, 2.75) is 14.7 Å². The lowest BCUT2D eigenvalue weighted by atomic mass is 10.3. The summed E-state index contributed by atoms with van der Waals surface area (Å²) in [5.41, 5.74) is 0. The van der Waals surface area contributed by atoms with E-state index in [9.17, 15) is 9.90 Å². The fraction of sp³-hybridized carbons (Fsp3) is 0. The van der Waals surface area contributed by atoms with Crippen LogP contribution in [0.25, 0.3) is 0 Å². The Kier molecular flexibility index (Phi) is 8.49. The maximum Gasteiger partial charge on any atom is 0.517 e. The molecule has 0 unspecified atom stereocenters. The fourth-order valence-corrected chi connectivity index (χ4v) is 10.4. The average molecular weight is 634 g/mol. The van der Waals surface area contributed by atoms with Gasteiger partial charge in [-0.25, -0.2) is 4.79 Å². The molecular formula is C19H7Cl9O3S. The smallest absolute Gasteiger partial charge is 0.449 e. The predicted octanol–water partition coefficient (Wildman–Crippen LogP) is 11.5. The van der Waals surface area contributed by atoms with Gasteiger partial charge in [-0.3, -0.25) is 0 Å². The molecule has 13 heteroatoms. The number of carboxylic acid groups (broad SMARTS) is 1. The number of carbonyl (C=O) groups is 1. The standard InChI is InChI=1S/C19H7Cl9O3S/c20-7-1-10(23)16(11(24)2-7)32(31-19(29)30,17-12(25)3-8(21)4-13(17)26)18-14(27)5-9(22)6-15(18)28/h1-6H,(H,29,30). The van der Waals surface area contributed by atoms with Crippen molar-refractivity contribution in [1.82, 2.24) is 0 Å². The molecular weight excluding hydrogens is 627 g/mol. The van der Waals surface area contributed by atoms with E-state index in [0.717, 1.165) is 0 Å². The van der Waals surface area contributed by atoms with E-state index in [1.165, 1.54) is 36.4 Å². The fourth-order valence-electron chi connectivity index (χ4n) is 2.95. The van der Waals surface area contributed by atoms with E-state index in [0.29, 0.717) is 0 Å². The first kappa shape index (κ1) is 26.5. The Labute approximate surface area is 229 Å². The molecule has 0 aliphatic heterocycles. The third-order valence-electron chi connectivity index (χ3n) is 3.95. The monoisotopic (exact) mass is 630 g/mol. The second kappa shape index (κ2) is 10.2. The number of halogens is 9. The Morgan fingerprint density at radius 1 is 0.562 bits per heavy atom. The van der Waals surface area contributed by atoms with Crippen LogP contribution in [-0.2, 0) is 4.18 Å². The summed E-state index contributed by atoms with van der Waals surface area (Å²) in [6, 6.07) is 8.12. The lowest BCUT2D eigenvalue weighted by Crippen LogP contribution is -2.15. The Hall–Kier alpha value is -0.110. The first-order valence-corrected chi connectivity index (χ1v) is 13.0. The van der Waals surface area contributed by atoms with Gasteiger partial charge in [0, 0.05) is 25.4 Å². The number of hydrogen-bond donors (Lipinski definition) is 1. The zero-order chi connectivity index (χ0) is 24.0. The van der Waals surface area contributed by atoms with Crippen molar-refractivity contribution in [1.29, 1.82) is 0 Å². The molecule has 0 saturated heterocycles. The van der Waals surface area contributed by atoms with E-state index in [4.69, 9.17) is 109 Å². The molecule has 0 radical (unpaired) electrons. The molecule has 0 fully saturated rings. The summed E-state index contributed by atoms with van der Waals surface area (Å²) in [6.45, 7) is 0. The van der Waals surface area contributed by atoms with Crippen molar-refractivity contribution in [2.24, 2.45) is 0 Å². The van der Waals surface area contributed by atoms with Crippen LogP contribution in [-0.4, -0.2) is 11.3 Å². The van der Waals surface area contributed by atoms with Gasteiger partial charge in [-0.1, -0.05) is 104 Å². The quantitative estimate of drug-likeness (QED) is 0.311. The zero-order valence-electron chi connectivity index (χ0n) is 15.0. The number of benzene rings is 3. The SMILES string of the molecule is O=C(O)OS(c1c(Cl)cc(Cl)cc1Cl)(c1c(Cl)cc(Cl)cc1Cl)c1c(Cl)cc(Cl)cc1Cl. The van der Waals surface area contributed by atoms with Crippen LogP contribution in [0.15, 0.2) is 51.1 Å². The molecule has 0 heterocycles. The van der Waals surface area contributed by atoms with Crippen LogP contribution in [0.3, 0.4) is 0 Å². The Morgan fingerprint density at radius 2 is 0.781 bits per heavy atom. The van der Waals surface area contributed by atoms with Crippen LogP contribution < -0.4 is 0 Å². The summed E-state index contributed by atoms with van der Waals surface area (Å²) in [7, 11) is -3.53. The van der Waals surface area contributed by atoms with Crippen LogP contribution in [0.5, 0.6) is 0 Å². The third kappa shape index (κ3) is 4.96. The molecule has 3 rings (SSSR count). The van der Waals surface area contributed by atoms with Gasteiger partial charge >= 0.3 is 6.16 Å². The normalized spacial score (nSPS) is 12.0.